The van der Waals surface area contributed by atoms with E-state index in [2.05, 4.69) is 41.5 Å². The summed E-state index contributed by atoms with van der Waals surface area (Å²) in [6.07, 6.45) is 13.7. The number of fused-ring (bicyclic) bond motifs is 7. The molecule has 5 aliphatic carbocycles. The Morgan fingerprint density at radius 2 is 1.66 bits per heavy atom. The van der Waals surface area contributed by atoms with Crippen LogP contribution < -0.4 is 0 Å². The minimum absolute atomic E-state index is 0.0737. The van der Waals surface area contributed by atoms with Crippen molar-refractivity contribution in [3.63, 3.8) is 0 Å². The van der Waals surface area contributed by atoms with E-state index < -0.39 is 0 Å². The van der Waals surface area contributed by atoms with E-state index in [0.717, 1.165) is 24.9 Å². The second-order valence-corrected chi connectivity index (χ2v) is 14.2. The van der Waals surface area contributed by atoms with Gasteiger partial charge in [-0.3, -0.25) is 0 Å². The lowest BCUT2D eigenvalue weighted by molar-refractivity contribution is -0.211. The van der Waals surface area contributed by atoms with Crippen molar-refractivity contribution in [2.24, 2.45) is 51.2 Å². The highest BCUT2D eigenvalue weighted by molar-refractivity contribution is 5.39. The number of allylic oxidation sites excluding steroid dienone is 1. The van der Waals surface area contributed by atoms with Gasteiger partial charge in [0.15, 0.2) is 0 Å². The second-order valence-electron chi connectivity index (χ2n) is 14.2. The molecule has 6 rings (SSSR count). The highest BCUT2D eigenvalue weighted by atomic mass is 16.6. The Morgan fingerprint density at radius 3 is 2.34 bits per heavy atom. The van der Waals surface area contributed by atoms with Gasteiger partial charge in [-0.1, -0.05) is 52.7 Å². The van der Waals surface area contributed by atoms with Crippen LogP contribution in [0.5, 0.6) is 0 Å². The molecule has 1 N–H and O–H groups in total. The predicted octanol–water partition coefficient (Wildman–Crippen LogP) is 7.16. The number of ether oxygens (including phenoxy) is 1. The van der Waals surface area contributed by atoms with Gasteiger partial charge in [0.25, 0.3) is 0 Å². The minimum atomic E-state index is -0.0737. The molecule has 0 aromatic carbocycles. The Kier molecular flexibility index (Phi) is 4.75. The van der Waals surface area contributed by atoms with Crippen molar-refractivity contribution >= 4 is 0 Å². The van der Waals surface area contributed by atoms with Gasteiger partial charge in [0.05, 0.1) is 18.8 Å². The van der Waals surface area contributed by atoms with Crippen LogP contribution in [-0.2, 0) is 4.74 Å². The minimum Gasteiger partial charge on any atom is -0.393 e. The van der Waals surface area contributed by atoms with Gasteiger partial charge in [0, 0.05) is 5.41 Å². The van der Waals surface area contributed by atoms with Crippen molar-refractivity contribution in [2.75, 3.05) is 6.61 Å². The van der Waals surface area contributed by atoms with E-state index in [0.29, 0.717) is 45.5 Å². The van der Waals surface area contributed by atoms with Crippen LogP contribution in [0.15, 0.2) is 11.1 Å². The molecule has 1 heterocycles. The smallest absolute Gasteiger partial charge is 0.0903 e. The number of epoxide rings is 1. The first-order valence-electron chi connectivity index (χ1n) is 14.1. The maximum absolute atomic E-state index is 10.7. The predicted molar refractivity (Wildman–Crippen MR) is 130 cm³/mol. The Hall–Kier alpha value is -0.340. The van der Waals surface area contributed by atoms with Crippen LogP contribution in [0.1, 0.15) is 106 Å². The third-order valence-electron chi connectivity index (χ3n) is 13.2. The molecule has 5 fully saturated rings. The molecule has 0 spiro atoms. The zero-order valence-corrected chi connectivity index (χ0v) is 21.7. The zero-order valence-electron chi connectivity index (χ0n) is 21.7. The van der Waals surface area contributed by atoms with Crippen LogP contribution in [0.4, 0.5) is 0 Å². The van der Waals surface area contributed by atoms with Gasteiger partial charge >= 0.3 is 0 Å². The molecule has 0 bridgehead atoms. The van der Waals surface area contributed by atoms with E-state index in [1.54, 1.807) is 0 Å². The SMILES string of the molecule is CC(C)C1=C2C3CCC4C5(C)CCC(O)C(C)C5CCC4(C)C3(C)CCC2(C2CO2)CC1. The topological polar surface area (TPSA) is 32.8 Å². The first kappa shape index (κ1) is 22.1. The summed E-state index contributed by atoms with van der Waals surface area (Å²) >= 11 is 0. The third-order valence-corrected chi connectivity index (χ3v) is 13.2. The summed E-state index contributed by atoms with van der Waals surface area (Å²) in [4.78, 5) is 0. The molecule has 0 radical (unpaired) electrons. The first-order chi connectivity index (χ1) is 15.1. The molecule has 180 valence electrons. The lowest BCUT2D eigenvalue weighted by Crippen LogP contribution is -2.64. The number of aliphatic hydroxyl groups excluding tert-OH is 1. The fourth-order valence-electron chi connectivity index (χ4n) is 11.2. The number of hydrogen-bond donors (Lipinski definition) is 1. The van der Waals surface area contributed by atoms with E-state index in [9.17, 15) is 5.11 Å². The Balaban J connectivity index is 1.42. The van der Waals surface area contributed by atoms with E-state index in [-0.39, 0.29) is 6.10 Å². The van der Waals surface area contributed by atoms with Gasteiger partial charge in [0.1, 0.15) is 0 Å². The van der Waals surface area contributed by atoms with Gasteiger partial charge in [-0.05, 0) is 110 Å². The van der Waals surface area contributed by atoms with Gasteiger partial charge < -0.3 is 9.84 Å². The second kappa shape index (κ2) is 6.87. The fraction of sp³-hybridized carbons (Fsp3) is 0.933. The van der Waals surface area contributed by atoms with Crippen molar-refractivity contribution in [3.05, 3.63) is 11.1 Å². The highest BCUT2D eigenvalue weighted by Crippen LogP contribution is 2.76. The van der Waals surface area contributed by atoms with Crippen LogP contribution in [-0.4, -0.2) is 23.9 Å². The molecule has 2 heteroatoms. The molecule has 2 nitrogen and oxygen atoms in total. The molecule has 32 heavy (non-hydrogen) atoms. The van der Waals surface area contributed by atoms with Crippen molar-refractivity contribution < 1.29 is 9.84 Å². The Bertz CT molecular complexity index is 825. The lowest BCUT2D eigenvalue weighted by atomic mass is 9.34. The summed E-state index contributed by atoms with van der Waals surface area (Å²) in [5, 5.41) is 10.7. The quantitative estimate of drug-likeness (QED) is 0.365. The summed E-state index contributed by atoms with van der Waals surface area (Å²) < 4.78 is 6.08. The van der Waals surface area contributed by atoms with Crippen LogP contribution >= 0.6 is 0 Å². The van der Waals surface area contributed by atoms with Crippen molar-refractivity contribution in [2.45, 2.75) is 118 Å². The summed E-state index contributed by atoms with van der Waals surface area (Å²) in [5.41, 5.74) is 5.39. The van der Waals surface area contributed by atoms with Crippen LogP contribution in [0.25, 0.3) is 0 Å². The fourth-order valence-corrected chi connectivity index (χ4v) is 11.2. The van der Waals surface area contributed by atoms with E-state index >= 15 is 0 Å². The molecule has 0 aromatic rings. The molecule has 10 atom stereocenters. The summed E-state index contributed by atoms with van der Waals surface area (Å²) in [6, 6.07) is 0. The van der Waals surface area contributed by atoms with Gasteiger partial charge in [-0.25, -0.2) is 0 Å². The monoisotopic (exact) mass is 440 g/mol. The lowest BCUT2D eigenvalue weighted by Gasteiger charge is -2.71. The molecule has 6 aliphatic rings. The van der Waals surface area contributed by atoms with E-state index in [1.807, 2.05) is 11.1 Å². The number of rotatable bonds is 2. The van der Waals surface area contributed by atoms with Crippen molar-refractivity contribution in [1.82, 2.24) is 0 Å². The van der Waals surface area contributed by atoms with Crippen molar-refractivity contribution in [3.8, 4) is 0 Å². The summed E-state index contributed by atoms with van der Waals surface area (Å²) in [6.45, 7) is 16.4. The normalized spacial score (nSPS) is 57.0. The molecular formula is C30H48O2. The average molecular weight is 441 g/mol. The van der Waals surface area contributed by atoms with Gasteiger partial charge in [0.2, 0.25) is 0 Å². The number of aliphatic hydroxyl groups is 1. The van der Waals surface area contributed by atoms with Gasteiger partial charge in [-0.2, -0.15) is 0 Å². The van der Waals surface area contributed by atoms with Crippen LogP contribution in [0, 0.1) is 51.2 Å². The summed E-state index contributed by atoms with van der Waals surface area (Å²) in [7, 11) is 0. The molecule has 0 amide bonds. The van der Waals surface area contributed by atoms with E-state index in [4.69, 9.17) is 4.74 Å². The largest absolute Gasteiger partial charge is 0.393 e. The molecule has 10 unspecified atom stereocenters. The maximum Gasteiger partial charge on any atom is 0.0903 e. The molecular weight excluding hydrogens is 392 g/mol. The standard InChI is InChI=1S/C30H48O2/c1-18(2)20-9-14-30(25-17-32-25)16-15-28(5)22(26(20)30)7-8-24-27(4)12-11-23(31)19(3)21(27)10-13-29(24,28)6/h18-19,21-25,31H,7-17H2,1-6H3. The molecule has 0 aromatic heterocycles. The Labute approximate surface area is 197 Å². The van der Waals surface area contributed by atoms with Crippen LogP contribution in [0.3, 0.4) is 0 Å². The first-order valence-corrected chi connectivity index (χ1v) is 14.1. The molecule has 1 aliphatic heterocycles. The van der Waals surface area contributed by atoms with Gasteiger partial charge in [-0.15, -0.1) is 0 Å². The highest BCUT2D eigenvalue weighted by Gasteiger charge is 2.69. The van der Waals surface area contributed by atoms with E-state index in [1.165, 1.54) is 57.8 Å². The number of hydrogen-bond acceptors (Lipinski definition) is 2. The average Bonchev–Trinajstić information content (AvgIpc) is 3.52. The van der Waals surface area contributed by atoms with Crippen LogP contribution in [0.2, 0.25) is 0 Å². The van der Waals surface area contributed by atoms with Crippen molar-refractivity contribution in [1.29, 1.82) is 0 Å². The summed E-state index contributed by atoms with van der Waals surface area (Å²) in [5.74, 6) is 3.46. The zero-order chi connectivity index (χ0) is 22.7. The Morgan fingerprint density at radius 1 is 0.906 bits per heavy atom. The third kappa shape index (κ3) is 2.55. The molecule has 1 saturated heterocycles. The molecule has 4 saturated carbocycles. The maximum atomic E-state index is 10.7.